The molecule has 4 aromatic rings. The summed E-state index contributed by atoms with van der Waals surface area (Å²) in [5.41, 5.74) is 5.35. The van der Waals surface area contributed by atoms with Crippen molar-refractivity contribution < 1.29 is 19.1 Å². The van der Waals surface area contributed by atoms with Crippen LogP contribution in [0.5, 0.6) is 5.75 Å². The number of aromatic nitrogens is 2. The highest BCUT2D eigenvalue weighted by atomic mass is 16.5. The van der Waals surface area contributed by atoms with Crippen LogP contribution in [0.3, 0.4) is 0 Å². The Morgan fingerprint density at radius 3 is 2.55 bits per heavy atom. The van der Waals surface area contributed by atoms with E-state index in [1.807, 2.05) is 55.7 Å². The lowest BCUT2D eigenvalue weighted by atomic mass is 9.86. The van der Waals surface area contributed by atoms with E-state index in [-0.39, 0.29) is 17.9 Å². The molecule has 1 N–H and O–H groups in total. The van der Waals surface area contributed by atoms with Crippen LogP contribution in [0.25, 0.3) is 0 Å². The van der Waals surface area contributed by atoms with E-state index in [2.05, 4.69) is 27.0 Å². The summed E-state index contributed by atoms with van der Waals surface area (Å²) in [6, 6.07) is 21.3. The van der Waals surface area contributed by atoms with Crippen LogP contribution in [0.15, 0.2) is 79.1 Å². The fourth-order valence-corrected chi connectivity index (χ4v) is 4.99. The molecule has 0 aliphatic heterocycles. The summed E-state index contributed by atoms with van der Waals surface area (Å²) in [6.45, 7) is 0.547. The molecular formula is C31H31N3O4. The Hall–Kier alpha value is -4.39. The monoisotopic (exact) mass is 509 g/mol. The van der Waals surface area contributed by atoms with Gasteiger partial charge in [-0.2, -0.15) is 0 Å². The van der Waals surface area contributed by atoms with Gasteiger partial charge in [0.1, 0.15) is 17.7 Å². The van der Waals surface area contributed by atoms with E-state index in [1.165, 1.54) is 7.11 Å². The first-order chi connectivity index (χ1) is 18.5. The number of hydrogen-bond acceptors (Lipinski definition) is 6. The summed E-state index contributed by atoms with van der Waals surface area (Å²) in [5, 5.41) is 0. The topological polar surface area (TPSA) is 84.5 Å². The van der Waals surface area contributed by atoms with E-state index in [1.54, 1.807) is 18.3 Å². The Balaban J connectivity index is 1.49. The number of ether oxygens (including phenoxy) is 2. The minimum Gasteiger partial charge on any atom is -0.485 e. The summed E-state index contributed by atoms with van der Waals surface area (Å²) in [7, 11) is 3.37. The van der Waals surface area contributed by atoms with Gasteiger partial charge in [-0.05, 0) is 60.4 Å². The van der Waals surface area contributed by atoms with Gasteiger partial charge in [0.05, 0.1) is 12.7 Å². The summed E-state index contributed by atoms with van der Waals surface area (Å²) < 4.78 is 11.6. The normalized spacial score (nSPS) is 13.5. The van der Waals surface area contributed by atoms with Crippen LogP contribution in [0.1, 0.15) is 62.2 Å². The molecule has 7 nitrogen and oxygen atoms in total. The number of aromatic amines is 1. The number of benzene rings is 3. The number of ketones is 1. The van der Waals surface area contributed by atoms with Gasteiger partial charge in [-0.1, -0.05) is 30.3 Å². The van der Waals surface area contributed by atoms with Crippen molar-refractivity contribution in [2.45, 2.75) is 38.3 Å². The number of methoxy groups -OCH3 is 1. The van der Waals surface area contributed by atoms with Crippen LogP contribution in [-0.2, 0) is 24.1 Å². The zero-order valence-electron chi connectivity index (χ0n) is 21.6. The first kappa shape index (κ1) is 25.3. The minimum absolute atomic E-state index is 0.180. The maximum atomic E-state index is 12.8. The van der Waals surface area contributed by atoms with Crippen molar-refractivity contribution in [1.29, 1.82) is 0 Å². The molecule has 0 radical (unpaired) electrons. The van der Waals surface area contributed by atoms with E-state index in [0.29, 0.717) is 24.9 Å². The molecule has 0 saturated carbocycles. The molecule has 1 heterocycles. The van der Waals surface area contributed by atoms with Crippen LogP contribution >= 0.6 is 0 Å². The third-order valence-corrected chi connectivity index (χ3v) is 7.02. The molecule has 3 aromatic carbocycles. The van der Waals surface area contributed by atoms with Crippen LogP contribution in [0.4, 0.5) is 5.69 Å². The lowest BCUT2D eigenvalue weighted by molar-refractivity contribution is 0.0600. The number of nitrogens with one attached hydrogen (secondary N) is 1. The molecule has 38 heavy (non-hydrogen) atoms. The van der Waals surface area contributed by atoms with Gasteiger partial charge in [-0.3, -0.25) is 4.79 Å². The van der Waals surface area contributed by atoms with Crippen LogP contribution < -0.4 is 9.64 Å². The fraction of sp³-hybridized carbons (Fsp3) is 0.258. The molecule has 0 spiro atoms. The van der Waals surface area contributed by atoms with Crippen LogP contribution in [0.2, 0.25) is 0 Å². The van der Waals surface area contributed by atoms with Gasteiger partial charge in [0.25, 0.3) is 0 Å². The number of nitrogens with zero attached hydrogens (tertiary/aromatic N) is 2. The number of anilines is 1. The Bertz CT molecular complexity index is 1400. The number of H-pyrrole nitrogens is 1. The van der Waals surface area contributed by atoms with Crippen molar-refractivity contribution in [1.82, 2.24) is 9.97 Å². The standard InChI is InChI=1S/C31H31N3O4/c1-34(23-13-11-22(12-14-23)31(36)37-2)20-26-24-9-6-10-27(35)25(24)15-16-28(26)38-29(19-30-32-17-18-33-30)21-7-4-3-5-8-21/h3-5,7-8,11-18,29H,6,9-10,19-20H2,1-2H3,(H,32,33)/t29-/m0/s1. The zero-order chi connectivity index (χ0) is 26.5. The molecule has 1 atom stereocenters. The molecular weight excluding hydrogens is 478 g/mol. The van der Waals surface area contributed by atoms with Crippen molar-refractivity contribution in [3.63, 3.8) is 0 Å². The third kappa shape index (κ3) is 5.47. The quantitative estimate of drug-likeness (QED) is 0.291. The van der Waals surface area contributed by atoms with Crippen molar-refractivity contribution >= 4 is 17.4 Å². The van der Waals surface area contributed by atoms with Crippen LogP contribution in [0, 0.1) is 0 Å². The summed E-state index contributed by atoms with van der Waals surface area (Å²) in [5.74, 6) is 1.42. The molecule has 1 aliphatic carbocycles. The Morgan fingerprint density at radius 1 is 1.05 bits per heavy atom. The second-order valence-corrected chi connectivity index (χ2v) is 9.50. The smallest absolute Gasteiger partial charge is 0.337 e. The zero-order valence-corrected chi connectivity index (χ0v) is 21.6. The van der Waals surface area contributed by atoms with Gasteiger partial charge in [0, 0.05) is 55.6 Å². The highest BCUT2D eigenvalue weighted by Gasteiger charge is 2.25. The van der Waals surface area contributed by atoms with Crippen molar-refractivity contribution in [2.24, 2.45) is 0 Å². The molecule has 194 valence electrons. The first-order valence-corrected chi connectivity index (χ1v) is 12.8. The molecule has 0 fully saturated rings. The molecule has 0 amide bonds. The predicted octanol–water partition coefficient (Wildman–Crippen LogP) is 5.71. The van der Waals surface area contributed by atoms with E-state index in [9.17, 15) is 9.59 Å². The minimum atomic E-state index is -0.367. The average molecular weight is 510 g/mol. The number of esters is 1. The Morgan fingerprint density at radius 2 is 1.84 bits per heavy atom. The van der Waals surface area contributed by atoms with Crippen LogP contribution in [-0.4, -0.2) is 35.9 Å². The van der Waals surface area contributed by atoms with Gasteiger partial charge >= 0.3 is 5.97 Å². The molecule has 0 unspecified atom stereocenters. The predicted molar refractivity (Wildman–Crippen MR) is 146 cm³/mol. The number of fused-ring (bicyclic) bond motifs is 1. The first-order valence-electron chi connectivity index (χ1n) is 12.8. The van der Waals surface area contributed by atoms with E-state index in [0.717, 1.165) is 52.4 Å². The summed E-state index contributed by atoms with van der Waals surface area (Å²) >= 11 is 0. The molecule has 1 aromatic heterocycles. The lowest BCUT2D eigenvalue weighted by Gasteiger charge is -2.28. The molecule has 0 saturated heterocycles. The fourth-order valence-electron chi connectivity index (χ4n) is 4.99. The highest BCUT2D eigenvalue weighted by Crippen LogP contribution is 2.36. The second-order valence-electron chi connectivity index (χ2n) is 9.50. The van der Waals surface area contributed by atoms with Gasteiger partial charge in [-0.15, -0.1) is 0 Å². The summed E-state index contributed by atoms with van der Waals surface area (Å²) in [6.07, 6.45) is 6.11. The van der Waals surface area contributed by atoms with Crippen molar-refractivity contribution in [3.8, 4) is 5.75 Å². The SMILES string of the molecule is COC(=O)c1ccc(N(C)Cc2c(O[C@@H](Cc3ncc[nH]3)c3ccccc3)ccc3c2CCCC3=O)cc1. The third-order valence-electron chi connectivity index (χ3n) is 7.02. The maximum absolute atomic E-state index is 12.8. The summed E-state index contributed by atoms with van der Waals surface area (Å²) in [4.78, 5) is 34.4. The highest BCUT2D eigenvalue weighted by molar-refractivity contribution is 5.99. The van der Waals surface area contributed by atoms with Gasteiger partial charge in [0.2, 0.25) is 0 Å². The number of carbonyl (C=O) groups is 2. The average Bonchev–Trinajstić information content (AvgIpc) is 3.47. The maximum Gasteiger partial charge on any atom is 0.337 e. The number of hydrogen-bond donors (Lipinski definition) is 1. The number of rotatable bonds is 9. The molecule has 0 bridgehead atoms. The number of carbonyl (C=O) groups excluding carboxylic acids is 2. The van der Waals surface area contributed by atoms with Gasteiger partial charge in [-0.25, -0.2) is 9.78 Å². The van der Waals surface area contributed by atoms with E-state index < -0.39 is 0 Å². The largest absolute Gasteiger partial charge is 0.485 e. The molecule has 5 rings (SSSR count). The second kappa shape index (κ2) is 11.3. The molecule has 7 heteroatoms. The van der Waals surface area contributed by atoms with Gasteiger partial charge in [0.15, 0.2) is 5.78 Å². The van der Waals surface area contributed by atoms with E-state index >= 15 is 0 Å². The van der Waals surface area contributed by atoms with Crippen molar-refractivity contribution in [2.75, 3.05) is 19.1 Å². The van der Waals surface area contributed by atoms with Crippen molar-refractivity contribution in [3.05, 3.63) is 113 Å². The van der Waals surface area contributed by atoms with E-state index in [4.69, 9.17) is 9.47 Å². The number of Topliss-reactive ketones (excluding diaryl/α,β-unsaturated/α-hetero) is 1. The Labute approximate surface area is 222 Å². The Kier molecular flexibility index (Phi) is 7.54. The van der Waals surface area contributed by atoms with Gasteiger partial charge < -0.3 is 19.4 Å². The molecule has 1 aliphatic rings. The number of imidazole rings is 1. The lowest BCUT2D eigenvalue weighted by Crippen LogP contribution is -2.22.